The SMILES string of the molecule is O=S(Cc1ccccn1)n1cnc2ccccc21. The third kappa shape index (κ3) is 2.04. The highest BCUT2D eigenvalue weighted by Crippen LogP contribution is 2.14. The highest BCUT2D eigenvalue weighted by molar-refractivity contribution is 7.82. The molecule has 2 aromatic heterocycles. The average Bonchev–Trinajstić information content (AvgIpc) is 2.84. The Hall–Kier alpha value is -2.01. The van der Waals surface area contributed by atoms with Gasteiger partial charge < -0.3 is 0 Å². The van der Waals surface area contributed by atoms with Gasteiger partial charge in [-0.2, -0.15) is 0 Å². The van der Waals surface area contributed by atoms with E-state index >= 15 is 0 Å². The van der Waals surface area contributed by atoms with Crippen LogP contribution in [0.25, 0.3) is 11.0 Å². The number of para-hydroxylation sites is 2. The van der Waals surface area contributed by atoms with Crippen molar-refractivity contribution in [3.63, 3.8) is 0 Å². The summed E-state index contributed by atoms with van der Waals surface area (Å²) in [6, 6.07) is 13.3. The number of rotatable bonds is 3. The number of benzene rings is 1. The molecule has 0 saturated heterocycles. The van der Waals surface area contributed by atoms with E-state index in [1.165, 1.54) is 0 Å². The molecule has 18 heavy (non-hydrogen) atoms. The van der Waals surface area contributed by atoms with Gasteiger partial charge in [-0.3, -0.25) is 4.98 Å². The molecule has 0 saturated carbocycles. The predicted molar refractivity (Wildman–Crippen MR) is 71.2 cm³/mol. The Morgan fingerprint density at radius 2 is 1.89 bits per heavy atom. The summed E-state index contributed by atoms with van der Waals surface area (Å²) in [7, 11) is -1.19. The standard InChI is InChI=1S/C13H11N3OS/c17-18(9-11-5-3-4-8-14-11)16-10-15-12-6-1-2-7-13(12)16/h1-8,10H,9H2. The quantitative estimate of drug-likeness (QED) is 0.722. The highest BCUT2D eigenvalue weighted by atomic mass is 32.2. The molecule has 2 heterocycles. The Labute approximate surface area is 107 Å². The van der Waals surface area contributed by atoms with Crippen LogP contribution in [0, 0.1) is 0 Å². The van der Waals surface area contributed by atoms with Crippen LogP contribution in [0.1, 0.15) is 5.69 Å². The van der Waals surface area contributed by atoms with E-state index in [1.807, 2.05) is 42.5 Å². The summed E-state index contributed by atoms with van der Waals surface area (Å²) < 4.78 is 14.0. The molecule has 3 aromatic rings. The average molecular weight is 257 g/mol. The van der Waals surface area contributed by atoms with E-state index in [2.05, 4.69) is 9.97 Å². The van der Waals surface area contributed by atoms with Crippen molar-refractivity contribution >= 4 is 22.0 Å². The lowest BCUT2D eigenvalue weighted by Crippen LogP contribution is -2.06. The second kappa shape index (κ2) is 4.70. The van der Waals surface area contributed by atoms with Crippen LogP contribution in [-0.4, -0.2) is 18.1 Å². The van der Waals surface area contributed by atoms with Crippen LogP contribution in [0.5, 0.6) is 0 Å². The summed E-state index contributed by atoms with van der Waals surface area (Å²) in [5.41, 5.74) is 2.55. The molecule has 0 aliphatic rings. The van der Waals surface area contributed by atoms with Crippen LogP contribution in [0.15, 0.2) is 55.0 Å². The molecule has 0 aliphatic heterocycles. The van der Waals surface area contributed by atoms with Crippen molar-refractivity contribution in [1.29, 1.82) is 0 Å². The monoisotopic (exact) mass is 257 g/mol. The lowest BCUT2D eigenvalue weighted by Gasteiger charge is -2.03. The number of hydrogen-bond donors (Lipinski definition) is 0. The Balaban J connectivity index is 1.93. The van der Waals surface area contributed by atoms with Gasteiger partial charge in [0, 0.05) is 6.20 Å². The van der Waals surface area contributed by atoms with E-state index in [0.717, 1.165) is 16.7 Å². The molecule has 1 unspecified atom stereocenters. The molecule has 0 spiro atoms. The summed E-state index contributed by atoms with van der Waals surface area (Å²) in [5.74, 6) is 0.390. The first-order valence-corrected chi connectivity index (χ1v) is 6.83. The maximum Gasteiger partial charge on any atom is 0.131 e. The van der Waals surface area contributed by atoms with Gasteiger partial charge >= 0.3 is 0 Å². The van der Waals surface area contributed by atoms with E-state index in [0.29, 0.717) is 5.75 Å². The second-order valence-electron chi connectivity index (χ2n) is 3.85. The summed E-state index contributed by atoms with van der Waals surface area (Å²) in [4.78, 5) is 8.41. The van der Waals surface area contributed by atoms with E-state index in [-0.39, 0.29) is 0 Å². The molecule has 3 rings (SSSR count). The van der Waals surface area contributed by atoms with Crippen LogP contribution in [0.4, 0.5) is 0 Å². The van der Waals surface area contributed by atoms with E-state index < -0.39 is 11.0 Å². The van der Waals surface area contributed by atoms with Gasteiger partial charge in [-0.1, -0.05) is 18.2 Å². The molecular formula is C13H11N3OS. The van der Waals surface area contributed by atoms with Crippen molar-refractivity contribution in [2.75, 3.05) is 0 Å². The van der Waals surface area contributed by atoms with E-state index in [4.69, 9.17) is 0 Å². The summed E-state index contributed by atoms with van der Waals surface area (Å²) in [6.07, 6.45) is 3.32. The fraction of sp³-hybridized carbons (Fsp3) is 0.0769. The third-order valence-corrected chi connectivity index (χ3v) is 3.91. The van der Waals surface area contributed by atoms with Gasteiger partial charge in [-0.25, -0.2) is 13.2 Å². The Morgan fingerprint density at radius 1 is 1.06 bits per heavy atom. The van der Waals surface area contributed by atoms with Gasteiger partial charge in [0.25, 0.3) is 0 Å². The summed E-state index contributed by atoms with van der Waals surface area (Å²) in [5, 5.41) is 0. The van der Waals surface area contributed by atoms with Crippen molar-refractivity contribution in [3.05, 3.63) is 60.7 Å². The molecule has 5 heteroatoms. The Morgan fingerprint density at radius 3 is 2.72 bits per heavy atom. The first-order valence-electron chi connectivity index (χ1n) is 5.55. The first kappa shape index (κ1) is 11.1. The normalized spacial score (nSPS) is 12.7. The van der Waals surface area contributed by atoms with Crippen LogP contribution in [-0.2, 0) is 16.7 Å². The zero-order chi connectivity index (χ0) is 12.4. The van der Waals surface area contributed by atoms with Gasteiger partial charge in [0.2, 0.25) is 0 Å². The van der Waals surface area contributed by atoms with Crippen molar-refractivity contribution < 1.29 is 4.21 Å². The van der Waals surface area contributed by atoms with Gasteiger partial charge in [0.1, 0.15) is 17.3 Å². The van der Waals surface area contributed by atoms with Crippen LogP contribution in [0.3, 0.4) is 0 Å². The summed E-state index contributed by atoms with van der Waals surface area (Å²) >= 11 is 0. The van der Waals surface area contributed by atoms with Gasteiger partial charge in [0.05, 0.1) is 22.5 Å². The maximum atomic E-state index is 12.3. The lowest BCUT2D eigenvalue weighted by atomic mass is 10.3. The van der Waals surface area contributed by atoms with Crippen molar-refractivity contribution in [1.82, 2.24) is 13.9 Å². The van der Waals surface area contributed by atoms with Crippen molar-refractivity contribution in [2.45, 2.75) is 5.75 Å². The molecule has 4 nitrogen and oxygen atoms in total. The van der Waals surface area contributed by atoms with Gasteiger partial charge in [0.15, 0.2) is 0 Å². The lowest BCUT2D eigenvalue weighted by molar-refractivity contribution is 0.677. The molecular weight excluding hydrogens is 246 g/mol. The third-order valence-electron chi connectivity index (χ3n) is 2.64. The molecule has 1 atom stereocenters. The molecule has 0 radical (unpaired) electrons. The Kier molecular flexibility index (Phi) is 2.90. The van der Waals surface area contributed by atoms with Gasteiger partial charge in [-0.05, 0) is 24.3 Å². The smallest absolute Gasteiger partial charge is 0.131 e. The molecule has 1 aromatic carbocycles. The largest absolute Gasteiger partial charge is 0.260 e. The number of nitrogens with zero attached hydrogens (tertiary/aromatic N) is 3. The highest BCUT2D eigenvalue weighted by Gasteiger charge is 2.09. The molecule has 0 bridgehead atoms. The van der Waals surface area contributed by atoms with Crippen LogP contribution < -0.4 is 0 Å². The maximum absolute atomic E-state index is 12.3. The first-order chi connectivity index (χ1) is 8.84. The van der Waals surface area contributed by atoms with Crippen LogP contribution >= 0.6 is 0 Å². The number of fused-ring (bicyclic) bond motifs is 1. The van der Waals surface area contributed by atoms with Crippen LogP contribution in [0.2, 0.25) is 0 Å². The molecule has 0 N–H and O–H groups in total. The minimum absolute atomic E-state index is 0.390. The predicted octanol–water partition coefficient (Wildman–Crippen LogP) is 2.14. The second-order valence-corrected chi connectivity index (χ2v) is 5.17. The zero-order valence-corrected chi connectivity index (χ0v) is 10.4. The zero-order valence-electron chi connectivity index (χ0n) is 9.56. The number of pyridine rings is 1. The molecule has 0 amide bonds. The van der Waals surface area contributed by atoms with Gasteiger partial charge in [-0.15, -0.1) is 0 Å². The van der Waals surface area contributed by atoms with Crippen molar-refractivity contribution in [3.8, 4) is 0 Å². The minimum Gasteiger partial charge on any atom is -0.260 e. The molecule has 0 fully saturated rings. The minimum atomic E-state index is -1.19. The number of aromatic nitrogens is 3. The topological polar surface area (TPSA) is 47.8 Å². The molecule has 0 aliphatic carbocycles. The fourth-order valence-corrected chi connectivity index (χ4v) is 2.87. The summed E-state index contributed by atoms with van der Waals surface area (Å²) in [6.45, 7) is 0. The van der Waals surface area contributed by atoms with E-state index in [1.54, 1.807) is 16.5 Å². The van der Waals surface area contributed by atoms with Crippen molar-refractivity contribution in [2.24, 2.45) is 0 Å². The molecule has 90 valence electrons. The number of imidazole rings is 1. The van der Waals surface area contributed by atoms with E-state index in [9.17, 15) is 4.21 Å². The fourth-order valence-electron chi connectivity index (χ4n) is 1.78. The number of hydrogen-bond acceptors (Lipinski definition) is 3. The Bertz CT molecular complexity index is 694.